The zero-order valence-electron chi connectivity index (χ0n) is 13.7. The van der Waals surface area contributed by atoms with Crippen molar-refractivity contribution in [2.24, 2.45) is 0 Å². The number of aromatic nitrogens is 2. The van der Waals surface area contributed by atoms with E-state index in [0.717, 1.165) is 35.5 Å². The molecule has 1 heterocycles. The summed E-state index contributed by atoms with van der Waals surface area (Å²) in [4.78, 5) is 21.6. The summed E-state index contributed by atoms with van der Waals surface area (Å²) >= 11 is 0. The third-order valence-corrected chi connectivity index (χ3v) is 4.11. The van der Waals surface area contributed by atoms with Gasteiger partial charge in [-0.15, -0.1) is 0 Å². The molecular weight excluding hydrogens is 304 g/mol. The van der Waals surface area contributed by atoms with Gasteiger partial charge in [0, 0.05) is 29.9 Å². The van der Waals surface area contributed by atoms with E-state index in [-0.39, 0.29) is 0 Å². The van der Waals surface area contributed by atoms with Gasteiger partial charge in [-0.3, -0.25) is 10.0 Å². The number of aromatic amines is 1. The molecule has 6 nitrogen and oxygen atoms in total. The lowest BCUT2D eigenvalue weighted by molar-refractivity contribution is 0.0706. The number of carbonyl (C=O) groups excluding carboxylic acids is 1. The molecule has 0 bridgehead atoms. The number of amides is 1. The number of benzene rings is 2. The van der Waals surface area contributed by atoms with E-state index in [2.05, 4.69) is 40.8 Å². The van der Waals surface area contributed by atoms with Gasteiger partial charge >= 0.3 is 0 Å². The first-order chi connectivity index (χ1) is 11.7. The maximum Gasteiger partial charge on any atom is 0.274 e. The Hall–Kier alpha value is -2.86. The predicted octanol–water partition coefficient (Wildman–Crippen LogP) is 3.20. The number of rotatable bonds is 5. The first-order valence-electron chi connectivity index (χ1n) is 7.95. The quantitative estimate of drug-likeness (QED) is 0.497. The normalized spacial score (nSPS) is 10.8. The van der Waals surface area contributed by atoms with E-state index in [9.17, 15) is 4.79 Å². The minimum atomic E-state index is -0.545. The number of H-pyrrole nitrogens is 1. The Morgan fingerprint density at radius 2 is 1.88 bits per heavy atom. The highest BCUT2D eigenvalue weighted by Gasteiger charge is 2.10. The van der Waals surface area contributed by atoms with Crippen molar-refractivity contribution < 1.29 is 10.0 Å². The van der Waals surface area contributed by atoms with Crippen molar-refractivity contribution in [2.75, 3.05) is 18.0 Å². The summed E-state index contributed by atoms with van der Waals surface area (Å²) in [7, 11) is 0. The van der Waals surface area contributed by atoms with E-state index in [1.807, 2.05) is 12.1 Å². The standard InChI is InChI=1S/C18H20N4O2/c1-3-22(4-2)14-8-5-12(6-9-14)17-19-15-10-7-13(18(23)21-24)11-16(15)20-17/h5-11,24H,3-4H2,1-2H3,(H,19,20)(H,21,23). The Labute approximate surface area is 140 Å². The van der Waals surface area contributed by atoms with Gasteiger partial charge in [-0.05, 0) is 56.3 Å². The largest absolute Gasteiger partial charge is 0.372 e. The lowest BCUT2D eigenvalue weighted by atomic mass is 10.2. The third-order valence-electron chi connectivity index (χ3n) is 4.11. The summed E-state index contributed by atoms with van der Waals surface area (Å²) in [5.74, 6) is 0.203. The minimum absolute atomic E-state index is 0.372. The molecule has 2 aromatic carbocycles. The number of carbonyl (C=O) groups is 1. The van der Waals surface area contributed by atoms with Crippen LogP contribution in [0.15, 0.2) is 42.5 Å². The van der Waals surface area contributed by atoms with Crippen LogP contribution in [0.4, 0.5) is 5.69 Å². The zero-order valence-corrected chi connectivity index (χ0v) is 13.7. The Kier molecular flexibility index (Phi) is 4.48. The summed E-state index contributed by atoms with van der Waals surface area (Å²) in [6.07, 6.45) is 0. The first kappa shape index (κ1) is 16.0. The molecular formula is C18H20N4O2. The average Bonchev–Trinajstić information content (AvgIpc) is 3.06. The van der Waals surface area contributed by atoms with Crippen molar-refractivity contribution in [3.8, 4) is 11.4 Å². The van der Waals surface area contributed by atoms with Crippen molar-refractivity contribution in [1.29, 1.82) is 0 Å². The Morgan fingerprint density at radius 3 is 2.50 bits per heavy atom. The Balaban J connectivity index is 1.93. The van der Waals surface area contributed by atoms with Gasteiger partial charge in [0.1, 0.15) is 5.82 Å². The van der Waals surface area contributed by atoms with Gasteiger partial charge in [0.2, 0.25) is 0 Å². The fourth-order valence-corrected chi connectivity index (χ4v) is 2.77. The average molecular weight is 324 g/mol. The highest BCUT2D eigenvalue weighted by atomic mass is 16.5. The van der Waals surface area contributed by atoms with Gasteiger partial charge in [-0.25, -0.2) is 10.5 Å². The van der Waals surface area contributed by atoms with Crippen LogP contribution >= 0.6 is 0 Å². The molecule has 3 N–H and O–H groups in total. The predicted molar refractivity (Wildman–Crippen MR) is 94.3 cm³/mol. The number of imidazole rings is 1. The van der Waals surface area contributed by atoms with Crippen LogP contribution in [0.5, 0.6) is 0 Å². The van der Waals surface area contributed by atoms with E-state index in [1.54, 1.807) is 23.7 Å². The van der Waals surface area contributed by atoms with Gasteiger partial charge in [0.15, 0.2) is 0 Å². The van der Waals surface area contributed by atoms with Crippen LogP contribution in [0, 0.1) is 0 Å². The molecule has 1 aromatic heterocycles. The van der Waals surface area contributed by atoms with E-state index in [1.165, 1.54) is 5.69 Å². The number of nitrogens with one attached hydrogen (secondary N) is 2. The smallest absolute Gasteiger partial charge is 0.274 e. The van der Waals surface area contributed by atoms with Gasteiger partial charge in [-0.2, -0.15) is 0 Å². The van der Waals surface area contributed by atoms with E-state index in [0.29, 0.717) is 5.56 Å². The molecule has 3 aromatic rings. The summed E-state index contributed by atoms with van der Waals surface area (Å²) < 4.78 is 0. The first-order valence-corrected chi connectivity index (χ1v) is 7.95. The summed E-state index contributed by atoms with van der Waals surface area (Å²) in [5, 5.41) is 8.73. The molecule has 0 radical (unpaired) electrons. The molecule has 124 valence electrons. The highest BCUT2D eigenvalue weighted by molar-refractivity contribution is 5.97. The maximum atomic E-state index is 11.5. The molecule has 24 heavy (non-hydrogen) atoms. The van der Waals surface area contributed by atoms with Crippen molar-refractivity contribution in [1.82, 2.24) is 15.4 Å². The summed E-state index contributed by atoms with van der Waals surface area (Å²) in [5.41, 5.74) is 5.69. The summed E-state index contributed by atoms with van der Waals surface area (Å²) in [6.45, 7) is 6.21. The number of hydrogen-bond donors (Lipinski definition) is 3. The molecule has 0 saturated heterocycles. The third kappa shape index (κ3) is 2.96. The van der Waals surface area contributed by atoms with Crippen LogP contribution in [-0.2, 0) is 0 Å². The van der Waals surface area contributed by atoms with Gasteiger partial charge < -0.3 is 9.88 Å². The van der Waals surface area contributed by atoms with Gasteiger partial charge in [-0.1, -0.05) is 0 Å². The Bertz CT molecular complexity index is 851. The highest BCUT2D eigenvalue weighted by Crippen LogP contribution is 2.24. The monoisotopic (exact) mass is 324 g/mol. The molecule has 0 saturated carbocycles. The number of fused-ring (bicyclic) bond motifs is 1. The van der Waals surface area contributed by atoms with E-state index < -0.39 is 5.91 Å². The second kappa shape index (κ2) is 6.72. The second-order valence-electron chi connectivity index (χ2n) is 5.48. The van der Waals surface area contributed by atoms with E-state index in [4.69, 9.17) is 5.21 Å². The molecule has 3 rings (SSSR count). The molecule has 0 atom stereocenters. The van der Waals surface area contributed by atoms with E-state index >= 15 is 0 Å². The molecule has 6 heteroatoms. The molecule has 0 aliphatic heterocycles. The molecule has 1 amide bonds. The zero-order chi connectivity index (χ0) is 17.1. The van der Waals surface area contributed by atoms with Crippen molar-refractivity contribution in [3.05, 3.63) is 48.0 Å². The van der Waals surface area contributed by atoms with Crippen molar-refractivity contribution in [2.45, 2.75) is 13.8 Å². The fraction of sp³-hybridized carbons (Fsp3) is 0.222. The van der Waals surface area contributed by atoms with Crippen LogP contribution in [0.3, 0.4) is 0 Å². The van der Waals surface area contributed by atoms with Crippen LogP contribution in [0.25, 0.3) is 22.4 Å². The number of anilines is 1. The van der Waals surface area contributed by atoms with Crippen molar-refractivity contribution >= 4 is 22.6 Å². The molecule has 0 fully saturated rings. The molecule has 0 spiro atoms. The number of nitrogens with zero attached hydrogens (tertiary/aromatic N) is 2. The maximum absolute atomic E-state index is 11.5. The number of hydrogen-bond acceptors (Lipinski definition) is 4. The van der Waals surface area contributed by atoms with Crippen LogP contribution in [-0.4, -0.2) is 34.2 Å². The summed E-state index contributed by atoms with van der Waals surface area (Å²) in [6, 6.07) is 13.3. The van der Waals surface area contributed by atoms with Crippen molar-refractivity contribution in [3.63, 3.8) is 0 Å². The second-order valence-corrected chi connectivity index (χ2v) is 5.48. The van der Waals surface area contributed by atoms with Crippen LogP contribution < -0.4 is 10.4 Å². The van der Waals surface area contributed by atoms with Gasteiger partial charge in [0.05, 0.1) is 11.0 Å². The fourth-order valence-electron chi connectivity index (χ4n) is 2.77. The lowest BCUT2D eigenvalue weighted by Gasteiger charge is -2.20. The SMILES string of the molecule is CCN(CC)c1ccc(-c2nc3ccc(C(=O)NO)cc3[nH]2)cc1. The van der Waals surface area contributed by atoms with Crippen LogP contribution in [0.2, 0.25) is 0 Å². The Morgan fingerprint density at radius 1 is 1.17 bits per heavy atom. The minimum Gasteiger partial charge on any atom is -0.372 e. The van der Waals surface area contributed by atoms with Crippen LogP contribution in [0.1, 0.15) is 24.2 Å². The molecule has 0 aliphatic carbocycles. The molecule has 0 aliphatic rings. The number of hydroxylamine groups is 1. The molecule has 0 unspecified atom stereocenters. The topological polar surface area (TPSA) is 81.2 Å². The lowest BCUT2D eigenvalue weighted by Crippen LogP contribution is -2.21. The van der Waals surface area contributed by atoms with Gasteiger partial charge in [0.25, 0.3) is 5.91 Å².